The van der Waals surface area contributed by atoms with Crippen molar-refractivity contribution >= 4 is 23.4 Å². The molecule has 4 aromatic rings. The molecule has 0 fully saturated rings. The molecule has 0 spiro atoms. The number of nitrogens with one attached hydrogen (secondary N) is 3. The first-order valence-electron chi connectivity index (χ1n) is 10.9. The number of carbonyl (C=O) groups excluding carboxylic acids is 1. The second-order valence-corrected chi connectivity index (χ2v) is 8.60. The molecule has 0 saturated carbocycles. The van der Waals surface area contributed by atoms with Crippen molar-refractivity contribution in [2.45, 2.75) is 25.4 Å². The molecule has 180 valence electrons. The predicted molar refractivity (Wildman–Crippen MR) is 134 cm³/mol. The minimum atomic E-state index is -0.595. The number of anilines is 1. The Hall–Kier alpha value is -4.12. The minimum Gasteiger partial charge on any atom is -0.494 e. The number of amides is 1. The van der Waals surface area contributed by atoms with Crippen LogP contribution in [0.4, 0.5) is 5.69 Å². The normalized spacial score (nSPS) is 10.8. The van der Waals surface area contributed by atoms with Crippen molar-refractivity contribution in [3.05, 3.63) is 92.5 Å². The molecule has 11 heteroatoms. The number of aromatic nitrogens is 5. The number of nitrogens with zero attached hydrogens (tertiary/aromatic N) is 3. The van der Waals surface area contributed by atoms with Gasteiger partial charge in [0.15, 0.2) is 5.16 Å². The number of benzene rings is 2. The number of aromatic amines is 2. The van der Waals surface area contributed by atoms with E-state index in [1.165, 1.54) is 17.8 Å². The van der Waals surface area contributed by atoms with Crippen LogP contribution in [0.5, 0.6) is 5.75 Å². The van der Waals surface area contributed by atoms with Gasteiger partial charge in [0.05, 0.1) is 12.4 Å². The van der Waals surface area contributed by atoms with Gasteiger partial charge in [-0.15, -0.1) is 10.2 Å². The number of thioether (sulfide) groups is 1. The van der Waals surface area contributed by atoms with Crippen LogP contribution in [0.15, 0.2) is 69.3 Å². The van der Waals surface area contributed by atoms with Crippen molar-refractivity contribution < 1.29 is 9.53 Å². The number of carbonyl (C=O) groups is 1. The lowest BCUT2D eigenvalue weighted by atomic mass is 10.2. The van der Waals surface area contributed by atoms with Gasteiger partial charge in [0.2, 0.25) is 5.91 Å². The number of H-pyrrole nitrogens is 2. The minimum absolute atomic E-state index is 0.116. The summed E-state index contributed by atoms with van der Waals surface area (Å²) in [5.41, 5.74) is 1.82. The Labute approximate surface area is 204 Å². The Bertz CT molecular complexity index is 1410. The van der Waals surface area contributed by atoms with Crippen LogP contribution in [0.1, 0.15) is 24.0 Å². The van der Waals surface area contributed by atoms with Crippen LogP contribution < -0.4 is 21.3 Å². The molecule has 0 aliphatic heterocycles. The van der Waals surface area contributed by atoms with E-state index in [0.29, 0.717) is 23.3 Å². The topological polar surface area (TPSA) is 135 Å². The van der Waals surface area contributed by atoms with Gasteiger partial charge in [0.25, 0.3) is 5.56 Å². The smallest absolute Gasteiger partial charge is 0.325 e. The van der Waals surface area contributed by atoms with E-state index in [0.717, 1.165) is 22.7 Å². The van der Waals surface area contributed by atoms with Gasteiger partial charge in [-0.05, 0) is 55.8 Å². The van der Waals surface area contributed by atoms with Crippen molar-refractivity contribution in [3.63, 3.8) is 0 Å². The average molecular weight is 493 g/mol. The molecule has 0 aliphatic carbocycles. The van der Waals surface area contributed by atoms with Crippen LogP contribution >= 0.6 is 11.8 Å². The number of hydrogen-bond donors (Lipinski definition) is 3. The van der Waals surface area contributed by atoms with E-state index in [4.69, 9.17) is 4.74 Å². The van der Waals surface area contributed by atoms with E-state index in [1.54, 1.807) is 4.57 Å². The lowest BCUT2D eigenvalue weighted by Gasteiger charge is -2.11. The zero-order valence-electron chi connectivity index (χ0n) is 19.2. The third-order valence-corrected chi connectivity index (χ3v) is 5.83. The molecule has 0 bridgehead atoms. The summed E-state index contributed by atoms with van der Waals surface area (Å²) in [5.74, 6) is 1.15. The lowest BCUT2D eigenvalue weighted by Crippen LogP contribution is -2.23. The second kappa shape index (κ2) is 10.9. The lowest BCUT2D eigenvalue weighted by molar-refractivity contribution is -0.113. The van der Waals surface area contributed by atoms with Crippen molar-refractivity contribution in [2.24, 2.45) is 0 Å². The summed E-state index contributed by atoms with van der Waals surface area (Å²) in [7, 11) is 0. The Balaban J connectivity index is 1.60. The Morgan fingerprint density at radius 3 is 2.60 bits per heavy atom. The van der Waals surface area contributed by atoms with E-state index in [9.17, 15) is 14.4 Å². The summed E-state index contributed by atoms with van der Waals surface area (Å²) in [6.07, 6.45) is 0.162. The first kappa shape index (κ1) is 24.0. The van der Waals surface area contributed by atoms with Crippen LogP contribution in [0.3, 0.4) is 0 Å². The summed E-state index contributed by atoms with van der Waals surface area (Å²) in [6.45, 7) is 4.41. The van der Waals surface area contributed by atoms with Gasteiger partial charge in [-0.1, -0.05) is 23.9 Å². The number of ether oxygens (including phenoxy) is 1. The van der Waals surface area contributed by atoms with Gasteiger partial charge in [-0.2, -0.15) is 0 Å². The average Bonchev–Trinajstić information content (AvgIpc) is 3.20. The molecular formula is C24H24N6O4S. The van der Waals surface area contributed by atoms with E-state index in [1.807, 2.05) is 62.4 Å². The van der Waals surface area contributed by atoms with Crippen LogP contribution in [0.2, 0.25) is 0 Å². The van der Waals surface area contributed by atoms with Gasteiger partial charge < -0.3 is 15.0 Å². The molecule has 0 saturated heterocycles. The zero-order chi connectivity index (χ0) is 24.8. The number of rotatable bonds is 9. The van der Waals surface area contributed by atoms with Crippen LogP contribution in [-0.4, -0.2) is 43.0 Å². The van der Waals surface area contributed by atoms with Crippen molar-refractivity contribution in [2.75, 3.05) is 17.7 Å². The molecular weight excluding hydrogens is 468 g/mol. The fourth-order valence-corrected chi connectivity index (χ4v) is 4.23. The third kappa shape index (κ3) is 6.27. The SMILES string of the molecule is CCOc1ccc(-n2c(Cc3cc(=O)[nH]c(=O)[nH]3)nnc2SCC(=O)Nc2cccc(C)c2)cc1. The molecule has 3 N–H and O–H groups in total. The van der Waals surface area contributed by atoms with E-state index in [-0.39, 0.29) is 18.1 Å². The summed E-state index contributed by atoms with van der Waals surface area (Å²) in [6, 6.07) is 16.2. The highest BCUT2D eigenvalue weighted by atomic mass is 32.2. The Morgan fingerprint density at radius 1 is 1.09 bits per heavy atom. The molecule has 0 unspecified atom stereocenters. The monoisotopic (exact) mass is 492 g/mol. The van der Waals surface area contributed by atoms with E-state index < -0.39 is 11.2 Å². The van der Waals surface area contributed by atoms with Crippen molar-refractivity contribution in [3.8, 4) is 11.4 Å². The van der Waals surface area contributed by atoms with Gasteiger partial charge >= 0.3 is 5.69 Å². The molecule has 0 atom stereocenters. The maximum atomic E-state index is 12.6. The molecule has 4 rings (SSSR count). The maximum Gasteiger partial charge on any atom is 0.325 e. The molecule has 0 aliphatic rings. The van der Waals surface area contributed by atoms with E-state index >= 15 is 0 Å². The number of hydrogen-bond acceptors (Lipinski definition) is 7. The highest BCUT2D eigenvalue weighted by Crippen LogP contribution is 2.25. The first-order valence-corrected chi connectivity index (χ1v) is 11.9. The summed E-state index contributed by atoms with van der Waals surface area (Å²) < 4.78 is 7.32. The molecule has 1 amide bonds. The second-order valence-electron chi connectivity index (χ2n) is 7.66. The summed E-state index contributed by atoms with van der Waals surface area (Å²) in [4.78, 5) is 40.7. The van der Waals surface area contributed by atoms with E-state index in [2.05, 4.69) is 25.5 Å². The molecule has 2 aromatic heterocycles. The van der Waals surface area contributed by atoms with Crippen LogP contribution in [0.25, 0.3) is 5.69 Å². The van der Waals surface area contributed by atoms with Gasteiger partial charge in [-0.3, -0.25) is 19.1 Å². The quantitative estimate of drug-likeness (QED) is 0.306. The fourth-order valence-electron chi connectivity index (χ4n) is 3.46. The first-order chi connectivity index (χ1) is 16.9. The zero-order valence-corrected chi connectivity index (χ0v) is 20.0. The van der Waals surface area contributed by atoms with Gasteiger partial charge in [0, 0.05) is 29.6 Å². The van der Waals surface area contributed by atoms with Gasteiger partial charge in [0.1, 0.15) is 11.6 Å². The number of aryl methyl sites for hydroxylation is 1. The largest absolute Gasteiger partial charge is 0.494 e. The summed E-state index contributed by atoms with van der Waals surface area (Å²) in [5, 5.41) is 11.9. The molecule has 0 radical (unpaired) electrons. The Morgan fingerprint density at radius 2 is 1.89 bits per heavy atom. The predicted octanol–water partition coefficient (Wildman–Crippen LogP) is 2.67. The standard InChI is InChI=1S/C24H24N6O4S/c1-3-34-19-9-7-18(8-10-19)30-20(12-17-13-21(31)27-23(33)26-17)28-29-24(30)35-14-22(32)25-16-6-4-5-15(2)11-16/h4-11,13H,3,12,14H2,1-2H3,(H,25,32)(H2,26,27,31,33). The molecule has 2 heterocycles. The molecule has 2 aromatic carbocycles. The molecule has 35 heavy (non-hydrogen) atoms. The maximum absolute atomic E-state index is 12.6. The Kier molecular flexibility index (Phi) is 7.46. The van der Waals surface area contributed by atoms with Crippen molar-refractivity contribution in [1.82, 2.24) is 24.7 Å². The van der Waals surface area contributed by atoms with Gasteiger partial charge in [-0.25, -0.2) is 4.79 Å². The molecule has 10 nitrogen and oxygen atoms in total. The third-order valence-electron chi connectivity index (χ3n) is 4.91. The fraction of sp³-hybridized carbons (Fsp3) is 0.208. The van der Waals surface area contributed by atoms with Crippen molar-refractivity contribution in [1.29, 1.82) is 0 Å². The summed E-state index contributed by atoms with van der Waals surface area (Å²) >= 11 is 1.23. The van der Waals surface area contributed by atoms with Crippen LogP contribution in [0, 0.1) is 6.92 Å². The highest BCUT2D eigenvalue weighted by Gasteiger charge is 2.17. The van der Waals surface area contributed by atoms with Crippen LogP contribution in [-0.2, 0) is 11.2 Å². The highest BCUT2D eigenvalue weighted by molar-refractivity contribution is 7.99.